The summed E-state index contributed by atoms with van der Waals surface area (Å²) in [5.41, 5.74) is 0.0750. The number of benzene rings is 1. The van der Waals surface area contributed by atoms with Crippen molar-refractivity contribution in [2.45, 2.75) is 25.9 Å². The first-order valence-electron chi connectivity index (χ1n) is 5.80. The molecule has 1 rings (SSSR count). The molecule has 9 heteroatoms. The first-order valence-corrected chi connectivity index (χ1v) is 14.4. The Hall–Kier alpha value is 0.844. The summed E-state index contributed by atoms with van der Waals surface area (Å²) in [7, 11) is 20.1. The number of halogens is 7. The molecule has 0 fully saturated rings. The van der Waals surface area contributed by atoms with Gasteiger partial charge < -0.3 is 5.32 Å². The number of unbranched alkanes of at least 4 members (excludes halogenated alkanes) is 1. The zero-order valence-electron chi connectivity index (χ0n) is 10.7. The van der Waals surface area contributed by atoms with Crippen LogP contribution in [0.1, 0.15) is 25.3 Å². The molecule has 1 nitrogen and oxygen atoms in total. The van der Waals surface area contributed by atoms with E-state index in [1.165, 1.54) is 12.1 Å². The minimum atomic E-state index is -4.24. The second-order valence-corrected chi connectivity index (χ2v) is 19.4. The van der Waals surface area contributed by atoms with Gasteiger partial charge in [0.15, 0.2) is 0 Å². The summed E-state index contributed by atoms with van der Waals surface area (Å²) in [6.45, 7) is 2.89. The quantitative estimate of drug-likeness (QED) is 0.388. The van der Waals surface area contributed by atoms with Crippen molar-refractivity contribution in [3.8, 4) is 0 Å². The van der Waals surface area contributed by atoms with Gasteiger partial charge >= 0.3 is 55.7 Å². The van der Waals surface area contributed by atoms with Gasteiger partial charge in [0.25, 0.3) is 0 Å². The van der Waals surface area contributed by atoms with E-state index in [2.05, 4.69) is 6.92 Å². The average Bonchev–Trinajstić information content (AvgIpc) is 2.26. The van der Waals surface area contributed by atoms with E-state index in [0.29, 0.717) is 5.69 Å². The van der Waals surface area contributed by atoms with Crippen LogP contribution < -0.4 is 5.32 Å². The van der Waals surface area contributed by atoms with Crippen LogP contribution in [0.15, 0.2) is 24.3 Å². The zero-order valence-corrected chi connectivity index (χ0v) is 15.2. The molecular formula is C11H15Cl4F3NTi+. The summed E-state index contributed by atoms with van der Waals surface area (Å²) in [5, 5.41) is 1.85. The molecule has 0 saturated heterocycles. The van der Waals surface area contributed by atoms with Crippen LogP contribution in [0.2, 0.25) is 0 Å². The second kappa shape index (κ2) is 9.78. The summed E-state index contributed by atoms with van der Waals surface area (Å²) in [4.78, 5) is 0. The van der Waals surface area contributed by atoms with Crippen molar-refractivity contribution in [1.82, 2.24) is 0 Å². The van der Waals surface area contributed by atoms with Gasteiger partial charge in [-0.3, -0.25) is 0 Å². The topological polar surface area (TPSA) is 16.6 Å². The summed E-state index contributed by atoms with van der Waals surface area (Å²) in [6.07, 6.45) is -2.18. The standard InChI is InChI=1S/C11H14F3N.4ClH.Ti/c1-2-3-7-15-10-6-4-5-9(8-10)11(12,13)14;;;;;/h4-6,8,15H,2-3,7H2,1H3;4*1H;/q;;;;;+4/p-3. The fourth-order valence-corrected chi connectivity index (χ4v) is 1.31. The Labute approximate surface area is 135 Å². The number of nitrogens with two attached hydrogens (primary N) is 1. The molecule has 0 aliphatic carbocycles. The summed E-state index contributed by atoms with van der Waals surface area (Å²) >= 11 is -3.11. The molecule has 0 amide bonds. The molecular weight excluding hydrogens is 393 g/mol. The van der Waals surface area contributed by atoms with Crippen molar-refractivity contribution >= 4 is 42.9 Å². The number of hydrogen-bond acceptors (Lipinski definition) is 0. The Kier molecular flexibility index (Phi) is 10.2. The fraction of sp³-hybridized carbons (Fsp3) is 0.455. The SMILES string of the molecule is CCCC[NH2+]c1cccc(C(F)(F)F)c1.[Cl][Ti]([Cl])([Cl])[Cl]. The zero-order chi connectivity index (χ0) is 15.8. The first-order chi connectivity index (χ1) is 9.04. The van der Waals surface area contributed by atoms with Gasteiger partial charge in [0.2, 0.25) is 0 Å². The van der Waals surface area contributed by atoms with E-state index in [0.717, 1.165) is 25.5 Å². The molecule has 0 unspecified atom stereocenters. The van der Waals surface area contributed by atoms with E-state index < -0.39 is 24.1 Å². The van der Waals surface area contributed by atoms with Crippen LogP contribution in [0, 0.1) is 0 Å². The second-order valence-electron chi connectivity index (χ2n) is 3.90. The predicted molar refractivity (Wildman–Crippen MR) is 76.2 cm³/mol. The Morgan fingerprint density at radius 1 is 1.15 bits per heavy atom. The van der Waals surface area contributed by atoms with E-state index in [9.17, 15) is 13.2 Å². The Bertz CT molecular complexity index is 390. The molecule has 1 aromatic rings. The van der Waals surface area contributed by atoms with E-state index in [4.69, 9.17) is 37.2 Å². The van der Waals surface area contributed by atoms with Crippen molar-refractivity contribution in [3.05, 3.63) is 29.8 Å². The molecule has 0 bridgehead atoms. The third-order valence-electron chi connectivity index (χ3n) is 2.15. The maximum absolute atomic E-state index is 12.3. The van der Waals surface area contributed by atoms with Gasteiger partial charge in [-0.05, 0) is 18.6 Å². The molecule has 20 heavy (non-hydrogen) atoms. The Balaban J connectivity index is 0.000000621. The molecule has 0 radical (unpaired) electrons. The maximum atomic E-state index is 12.3. The summed E-state index contributed by atoms with van der Waals surface area (Å²) in [6, 6.07) is 5.43. The number of hydrogen-bond donors (Lipinski definition) is 1. The van der Waals surface area contributed by atoms with Crippen molar-refractivity contribution in [1.29, 1.82) is 0 Å². The van der Waals surface area contributed by atoms with Crippen LogP contribution in [0.5, 0.6) is 0 Å². The average molecular weight is 408 g/mol. The Morgan fingerprint density at radius 3 is 2.15 bits per heavy atom. The normalized spacial score (nSPS) is 11.8. The van der Waals surface area contributed by atoms with Crippen molar-refractivity contribution < 1.29 is 30.8 Å². The molecule has 0 heterocycles. The van der Waals surface area contributed by atoms with E-state index >= 15 is 0 Å². The third kappa shape index (κ3) is 12.6. The fourth-order valence-electron chi connectivity index (χ4n) is 1.31. The van der Waals surface area contributed by atoms with E-state index in [1.54, 1.807) is 6.07 Å². The molecule has 0 aliphatic rings. The van der Waals surface area contributed by atoms with Gasteiger partial charge in [0.05, 0.1) is 12.1 Å². The molecule has 2 N–H and O–H groups in total. The van der Waals surface area contributed by atoms with Crippen LogP contribution in [0.4, 0.5) is 18.9 Å². The molecule has 0 aromatic heterocycles. The molecule has 0 aliphatic heterocycles. The van der Waals surface area contributed by atoms with Gasteiger partial charge in [-0.25, -0.2) is 0 Å². The van der Waals surface area contributed by atoms with Crippen LogP contribution in [-0.4, -0.2) is 6.54 Å². The minimum absolute atomic E-state index is 0.576. The number of alkyl halides is 3. The van der Waals surface area contributed by atoms with Gasteiger partial charge in [-0.15, -0.1) is 0 Å². The third-order valence-corrected chi connectivity index (χ3v) is 2.15. The van der Waals surface area contributed by atoms with Crippen molar-refractivity contribution in [2.75, 3.05) is 6.54 Å². The van der Waals surface area contributed by atoms with Gasteiger partial charge in [0, 0.05) is 6.07 Å². The molecule has 0 atom stereocenters. The van der Waals surface area contributed by atoms with E-state index in [1.807, 2.05) is 5.32 Å². The number of rotatable bonds is 4. The van der Waals surface area contributed by atoms with Crippen LogP contribution in [-0.2, 0) is 18.5 Å². The van der Waals surface area contributed by atoms with Gasteiger partial charge in [-0.2, -0.15) is 13.2 Å². The van der Waals surface area contributed by atoms with Crippen LogP contribution in [0.3, 0.4) is 0 Å². The molecule has 116 valence electrons. The molecule has 0 saturated carbocycles. The van der Waals surface area contributed by atoms with Gasteiger partial charge in [0.1, 0.15) is 5.69 Å². The van der Waals surface area contributed by atoms with Gasteiger partial charge in [-0.1, -0.05) is 19.4 Å². The van der Waals surface area contributed by atoms with Crippen molar-refractivity contribution in [2.24, 2.45) is 0 Å². The Morgan fingerprint density at radius 2 is 1.70 bits per heavy atom. The summed E-state index contributed by atoms with van der Waals surface area (Å²) < 4.78 is 37.0. The molecule has 1 aromatic carbocycles. The summed E-state index contributed by atoms with van der Waals surface area (Å²) in [5.74, 6) is 0. The molecule has 0 spiro atoms. The monoisotopic (exact) mass is 406 g/mol. The van der Waals surface area contributed by atoms with Crippen molar-refractivity contribution in [3.63, 3.8) is 0 Å². The van der Waals surface area contributed by atoms with Crippen LogP contribution >= 0.6 is 37.2 Å². The first kappa shape index (κ1) is 20.8. The number of quaternary nitrogens is 1. The van der Waals surface area contributed by atoms with Crippen LogP contribution in [0.25, 0.3) is 0 Å². The van der Waals surface area contributed by atoms with E-state index in [-0.39, 0.29) is 0 Å². The predicted octanol–water partition coefficient (Wildman–Crippen LogP) is 5.46.